The minimum absolute atomic E-state index is 0.0280. The highest BCUT2D eigenvalue weighted by Crippen LogP contribution is 2.24. The van der Waals surface area contributed by atoms with E-state index in [1.54, 1.807) is 6.07 Å². The van der Waals surface area contributed by atoms with Crippen LogP contribution in [0.15, 0.2) is 30.3 Å². The van der Waals surface area contributed by atoms with E-state index >= 15 is 0 Å². The molecule has 144 valence electrons. The molecular formula is C21H29N5O. The number of carbonyl (C=O) groups excluding carboxylic acids is 1. The molecule has 1 aliphatic heterocycles. The summed E-state index contributed by atoms with van der Waals surface area (Å²) in [6, 6.07) is 10.0. The third-order valence-corrected chi connectivity index (χ3v) is 4.87. The summed E-state index contributed by atoms with van der Waals surface area (Å²) in [7, 11) is 2.07. The summed E-state index contributed by atoms with van der Waals surface area (Å²) in [4.78, 5) is 25.8. The van der Waals surface area contributed by atoms with Crippen molar-refractivity contribution in [2.75, 3.05) is 38.5 Å². The average Bonchev–Trinajstić information content (AvgIpc) is 2.61. The Balaban J connectivity index is 1.76. The van der Waals surface area contributed by atoms with Crippen LogP contribution >= 0.6 is 0 Å². The lowest BCUT2D eigenvalue weighted by molar-refractivity contribution is 0.0658. The molecule has 1 N–H and O–H groups in total. The van der Waals surface area contributed by atoms with E-state index in [9.17, 15) is 4.79 Å². The molecule has 6 heteroatoms. The van der Waals surface area contributed by atoms with E-state index < -0.39 is 0 Å². The van der Waals surface area contributed by atoms with Gasteiger partial charge in [0, 0.05) is 37.6 Å². The van der Waals surface area contributed by atoms with Gasteiger partial charge < -0.3 is 15.1 Å². The van der Waals surface area contributed by atoms with Crippen LogP contribution in [-0.2, 0) is 5.41 Å². The van der Waals surface area contributed by atoms with E-state index in [1.807, 2.05) is 24.0 Å². The van der Waals surface area contributed by atoms with Crippen LogP contribution in [0.4, 0.5) is 11.6 Å². The molecule has 3 rings (SSSR count). The predicted molar refractivity (Wildman–Crippen MR) is 109 cm³/mol. The smallest absolute Gasteiger partial charge is 0.272 e. The van der Waals surface area contributed by atoms with Gasteiger partial charge in [0.15, 0.2) is 0 Å². The number of hydrogen-bond acceptors (Lipinski definition) is 5. The first-order chi connectivity index (χ1) is 12.7. The molecular weight excluding hydrogens is 338 g/mol. The van der Waals surface area contributed by atoms with Crippen molar-refractivity contribution in [3.63, 3.8) is 0 Å². The Labute approximate surface area is 161 Å². The Bertz CT molecular complexity index is 802. The summed E-state index contributed by atoms with van der Waals surface area (Å²) in [5.41, 5.74) is 3.51. The molecule has 1 amide bonds. The minimum Gasteiger partial charge on any atom is -0.335 e. The number of benzene rings is 1. The normalized spacial score (nSPS) is 15.7. The predicted octanol–water partition coefficient (Wildman–Crippen LogP) is 3.21. The van der Waals surface area contributed by atoms with Crippen molar-refractivity contribution in [3.05, 3.63) is 47.3 Å². The highest BCUT2D eigenvalue weighted by Gasteiger charge is 2.22. The van der Waals surface area contributed by atoms with Crippen LogP contribution in [0.25, 0.3) is 0 Å². The highest BCUT2D eigenvalue weighted by atomic mass is 16.2. The fourth-order valence-electron chi connectivity index (χ4n) is 3.09. The second-order valence-electron chi connectivity index (χ2n) is 8.27. The number of carbonyl (C=O) groups is 1. The quantitative estimate of drug-likeness (QED) is 0.903. The number of rotatable bonds is 3. The third kappa shape index (κ3) is 4.83. The molecule has 1 aromatic carbocycles. The third-order valence-electron chi connectivity index (χ3n) is 4.87. The number of anilines is 2. The van der Waals surface area contributed by atoms with E-state index in [0.717, 1.165) is 37.6 Å². The number of piperazine rings is 1. The SMILES string of the molecule is Cc1cc(C(=O)N2CCN(C)CC2)nc(Nc2ccc(C(C)(C)C)cc2)n1. The lowest BCUT2D eigenvalue weighted by Crippen LogP contribution is -2.47. The molecule has 6 nitrogen and oxygen atoms in total. The van der Waals surface area contributed by atoms with Gasteiger partial charge in [0.1, 0.15) is 5.69 Å². The molecule has 1 saturated heterocycles. The zero-order valence-electron chi connectivity index (χ0n) is 16.9. The molecule has 1 fully saturated rings. The fraction of sp³-hybridized carbons (Fsp3) is 0.476. The Morgan fingerprint density at radius 2 is 1.67 bits per heavy atom. The van der Waals surface area contributed by atoms with Gasteiger partial charge in [0.2, 0.25) is 5.95 Å². The van der Waals surface area contributed by atoms with Gasteiger partial charge in [0.05, 0.1) is 0 Å². The summed E-state index contributed by atoms with van der Waals surface area (Å²) in [5.74, 6) is 0.427. The van der Waals surface area contributed by atoms with Gasteiger partial charge in [0.25, 0.3) is 5.91 Å². The summed E-state index contributed by atoms with van der Waals surface area (Å²) in [5, 5.41) is 3.23. The maximum absolute atomic E-state index is 12.8. The van der Waals surface area contributed by atoms with Crippen molar-refractivity contribution >= 4 is 17.5 Å². The molecule has 0 atom stereocenters. The minimum atomic E-state index is -0.0280. The van der Waals surface area contributed by atoms with E-state index in [4.69, 9.17) is 0 Å². The molecule has 0 unspecified atom stereocenters. The van der Waals surface area contributed by atoms with E-state index in [1.165, 1.54) is 5.56 Å². The van der Waals surface area contributed by atoms with E-state index in [2.05, 4.69) is 60.1 Å². The summed E-state index contributed by atoms with van der Waals surface area (Å²) in [6.45, 7) is 11.7. The Kier molecular flexibility index (Phi) is 5.46. The van der Waals surface area contributed by atoms with Gasteiger partial charge in [-0.3, -0.25) is 4.79 Å². The summed E-state index contributed by atoms with van der Waals surface area (Å²) in [6.07, 6.45) is 0. The van der Waals surface area contributed by atoms with Gasteiger partial charge >= 0.3 is 0 Å². The molecule has 0 saturated carbocycles. The second-order valence-corrected chi connectivity index (χ2v) is 8.27. The Morgan fingerprint density at radius 1 is 1.04 bits per heavy atom. The van der Waals surface area contributed by atoms with Crippen molar-refractivity contribution in [3.8, 4) is 0 Å². The van der Waals surface area contributed by atoms with Crippen LogP contribution in [0, 0.1) is 6.92 Å². The standard InChI is InChI=1S/C21H29N5O/c1-15-14-18(19(27)26-12-10-25(5)11-13-26)24-20(22-15)23-17-8-6-16(7-9-17)21(2,3)4/h6-9,14H,10-13H2,1-5H3,(H,22,23,24). The number of nitrogens with zero attached hydrogens (tertiary/aromatic N) is 4. The van der Waals surface area contributed by atoms with Gasteiger partial charge in [-0.25, -0.2) is 9.97 Å². The Hall–Kier alpha value is -2.47. The van der Waals surface area contributed by atoms with Crippen molar-refractivity contribution in [2.45, 2.75) is 33.1 Å². The first-order valence-corrected chi connectivity index (χ1v) is 9.43. The molecule has 0 spiro atoms. The van der Waals surface area contributed by atoms with Crippen LogP contribution < -0.4 is 5.32 Å². The lowest BCUT2D eigenvalue weighted by atomic mass is 9.87. The molecule has 1 aliphatic rings. The molecule has 27 heavy (non-hydrogen) atoms. The van der Waals surface area contributed by atoms with Crippen LogP contribution in [0.1, 0.15) is 42.5 Å². The van der Waals surface area contributed by atoms with Crippen LogP contribution in [0.5, 0.6) is 0 Å². The maximum atomic E-state index is 12.8. The Morgan fingerprint density at radius 3 is 2.26 bits per heavy atom. The molecule has 2 heterocycles. The summed E-state index contributed by atoms with van der Waals surface area (Å²) < 4.78 is 0. The first kappa shape index (κ1) is 19.3. The van der Waals surface area contributed by atoms with Gasteiger partial charge in [-0.05, 0) is 43.1 Å². The zero-order chi connectivity index (χ0) is 19.6. The van der Waals surface area contributed by atoms with Gasteiger partial charge in [-0.15, -0.1) is 0 Å². The number of aryl methyl sites for hydroxylation is 1. The first-order valence-electron chi connectivity index (χ1n) is 9.43. The second kappa shape index (κ2) is 7.64. The lowest BCUT2D eigenvalue weighted by Gasteiger charge is -2.32. The maximum Gasteiger partial charge on any atom is 0.272 e. The largest absolute Gasteiger partial charge is 0.335 e. The van der Waals surface area contributed by atoms with Crippen molar-refractivity contribution in [2.24, 2.45) is 0 Å². The number of nitrogens with one attached hydrogen (secondary N) is 1. The fourth-order valence-corrected chi connectivity index (χ4v) is 3.09. The topological polar surface area (TPSA) is 61.4 Å². The molecule has 1 aromatic heterocycles. The van der Waals surface area contributed by atoms with Crippen molar-refractivity contribution in [1.82, 2.24) is 19.8 Å². The van der Waals surface area contributed by atoms with Crippen molar-refractivity contribution < 1.29 is 4.79 Å². The van der Waals surface area contributed by atoms with E-state index in [0.29, 0.717) is 11.6 Å². The zero-order valence-corrected chi connectivity index (χ0v) is 16.9. The number of aromatic nitrogens is 2. The number of amides is 1. The number of hydrogen-bond donors (Lipinski definition) is 1. The molecule has 0 aliphatic carbocycles. The summed E-state index contributed by atoms with van der Waals surface area (Å²) >= 11 is 0. The molecule has 0 radical (unpaired) electrons. The van der Waals surface area contributed by atoms with Crippen LogP contribution in [0.3, 0.4) is 0 Å². The van der Waals surface area contributed by atoms with Gasteiger partial charge in [-0.2, -0.15) is 0 Å². The van der Waals surface area contributed by atoms with Crippen LogP contribution in [-0.4, -0.2) is 58.9 Å². The van der Waals surface area contributed by atoms with Crippen molar-refractivity contribution in [1.29, 1.82) is 0 Å². The average molecular weight is 367 g/mol. The molecule has 0 bridgehead atoms. The van der Waals surface area contributed by atoms with Crippen LogP contribution in [0.2, 0.25) is 0 Å². The number of likely N-dealkylation sites (N-methyl/N-ethyl adjacent to an activating group) is 1. The van der Waals surface area contributed by atoms with E-state index in [-0.39, 0.29) is 11.3 Å². The highest BCUT2D eigenvalue weighted by molar-refractivity contribution is 5.92. The van der Waals surface area contributed by atoms with Gasteiger partial charge in [-0.1, -0.05) is 32.9 Å². The molecule has 2 aromatic rings. The monoisotopic (exact) mass is 367 g/mol.